The zero-order valence-corrected chi connectivity index (χ0v) is 20.3. The molecule has 2 N–H and O–H groups in total. The molecule has 0 spiro atoms. The maximum atomic E-state index is 12.9. The molecule has 0 aliphatic rings. The van der Waals surface area contributed by atoms with Crippen LogP contribution in [0.15, 0.2) is 72.8 Å². The van der Waals surface area contributed by atoms with Crippen molar-refractivity contribution in [3.63, 3.8) is 0 Å². The molecule has 0 heterocycles. The van der Waals surface area contributed by atoms with Crippen LogP contribution in [0.4, 0.5) is 17.1 Å². The maximum Gasteiger partial charge on any atom is 0.271 e. The number of nitrogens with zero attached hydrogens (tertiary/aromatic N) is 2. The van der Waals surface area contributed by atoms with Crippen molar-refractivity contribution in [2.45, 2.75) is 6.54 Å². The molecule has 0 fully saturated rings. The van der Waals surface area contributed by atoms with Gasteiger partial charge in [-0.1, -0.05) is 42.5 Å². The molecule has 188 valence electrons. The van der Waals surface area contributed by atoms with Crippen LogP contribution in [-0.2, 0) is 21.4 Å². The summed E-state index contributed by atoms with van der Waals surface area (Å²) in [5, 5.41) is 16.5. The van der Waals surface area contributed by atoms with Crippen molar-refractivity contribution < 1.29 is 27.7 Å². The van der Waals surface area contributed by atoms with Gasteiger partial charge in [0.15, 0.2) is 0 Å². The van der Waals surface area contributed by atoms with E-state index < -0.39 is 33.3 Å². The summed E-state index contributed by atoms with van der Waals surface area (Å²) in [4.78, 5) is 36.2. The molecule has 3 rings (SSSR count). The van der Waals surface area contributed by atoms with Gasteiger partial charge in [-0.3, -0.25) is 24.0 Å². The Labute approximate surface area is 207 Å². The maximum absolute atomic E-state index is 12.9. The number of hydrogen-bond donors (Lipinski definition) is 2. The molecule has 0 aliphatic heterocycles. The van der Waals surface area contributed by atoms with Crippen molar-refractivity contribution in [3.05, 3.63) is 94.0 Å². The lowest BCUT2D eigenvalue weighted by atomic mass is 10.1. The molecule has 11 nitrogen and oxygen atoms in total. The number of non-ortho nitro benzene ring substituents is 1. The quantitative estimate of drug-likeness (QED) is 0.313. The largest absolute Gasteiger partial charge is 0.495 e. The van der Waals surface area contributed by atoms with Crippen LogP contribution in [0.5, 0.6) is 5.75 Å². The number of nitro benzene ring substituents is 1. The third-order valence-electron chi connectivity index (χ3n) is 5.07. The van der Waals surface area contributed by atoms with Crippen molar-refractivity contribution in [2.24, 2.45) is 0 Å². The number of methoxy groups -OCH3 is 1. The van der Waals surface area contributed by atoms with Crippen molar-refractivity contribution in [2.75, 3.05) is 29.5 Å². The summed E-state index contributed by atoms with van der Waals surface area (Å²) >= 11 is 0. The summed E-state index contributed by atoms with van der Waals surface area (Å²) in [6.07, 6.45) is 0.865. The third-order valence-corrected chi connectivity index (χ3v) is 6.20. The SMILES string of the molecule is COc1ccc([N+](=O)[O-])cc1N(CC(=O)Nc1ccccc1C(=O)NCc1ccccc1)S(C)(=O)=O. The van der Waals surface area contributed by atoms with Crippen LogP contribution in [0.3, 0.4) is 0 Å². The Morgan fingerprint density at radius 2 is 1.69 bits per heavy atom. The van der Waals surface area contributed by atoms with E-state index in [-0.39, 0.29) is 34.9 Å². The lowest BCUT2D eigenvalue weighted by molar-refractivity contribution is -0.384. The molecule has 3 aromatic rings. The Hall–Kier alpha value is -4.45. The van der Waals surface area contributed by atoms with E-state index >= 15 is 0 Å². The fourth-order valence-corrected chi connectivity index (χ4v) is 4.20. The van der Waals surface area contributed by atoms with Crippen LogP contribution in [0.1, 0.15) is 15.9 Å². The Morgan fingerprint density at radius 3 is 2.33 bits per heavy atom. The van der Waals surface area contributed by atoms with Gasteiger partial charge in [0.05, 0.1) is 29.5 Å². The van der Waals surface area contributed by atoms with E-state index in [0.29, 0.717) is 4.31 Å². The van der Waals surface area contributed by atoms with Gasteiger partial charge >= 0.3 is 0 Å². The van der Waals surface area contributed by atoms with Gasteiger partial charge in [0.2, 0.25) is 15.9 Å². The third kappa shape index (κ3) is 6.57. The first-order valence-corrected chi connectivity index (χ1v) is 12.5. The number of sulfonamides is 1. The number of benzene rings is 3. The number of rotatable bonds is 10. The fraction of sp³-hybridized carbons (Fsp3) is 0.167. The fourth-order valence-electron chi connectivity index (χ4n) is 3.35. The molecule has 2 amide bonds. The highest BCUT2D eigenvalue weighted by Gasteiger charge is 2.26. The van der Waals surface area contributed by atoms with Crippen molar-refractivity contribution in [3.8, 4) is 5.75 Å². The van der Waals surface area contributed by atoms with Crippen LogP contribution in [0.25, 0.3) is 0 Å². The summed E-state index contributed by atoms with van der Waals surface area (Å²) < 4.78 is 30.9. The van der Waals surface area contributed by atoms with Gasteiger partial charge in [-0.2, -0.15) is 0 Å². The normalized spacial score (nSPS) is 10.8. The second-order valence-corrected chi connectivity index (χ2v) is 9.55. The van der Waals surface area contributed by atoms with Gasteiger partial charge in [-0.25, -0.2) is 8.42 Å². The number of para-hydroxylation sites is 1. The number of anilines is 2. The topological polar surface area (TPSA) is 148 Å². The molecule has 3 aromatic carbocycles. The Bertz CT molecular complexity index is 1380. The highest BCUT2D eigenvalue weighted by atomic mass is 32.2. The molecular formula is C24H24N4O7S. The second kappa shape index (κ2) is 11.3. The summed E-state index contributed by atoms with van der Waals surface area (Å²) in [5.41, 5.74) is 0.703. The number of carbonyl (C=O) groups is 2. The monoisotopic (exact) mass is 512 g/mol. The molecule has 0 saturated heterocycles. The summed E-state index contributed by atoms with van der Waals surface area (Å²) in [6, 6.07) is 19.0. The minimum atomic E-state index is -4.06. The van der Waals surface area contributed by atoms with Crippen LogP contribution in [0, 0.1) is 10.1 Å². The number of amides is 2. The first kappa shape index (κ1) is 26.2. The lowest BCUT2D eigenvalue weighted by Gasteiger charge is -2.23. The van der Waals surface area contributed by atoms with E-state index in [4.69, 9.17) is 4.74 Å². The molecule has 0 unspecified atom stereocenters. The Kier molecular flexibility index (Phi) is 8.22. The van der Waals surface area contributed by atoms with Crippen LogP contribution in [0.2, 0.25) is 0 Å². The minimum Gasteiger partial charge on any atom is -0.495 e. The molecule has 0 atom stereocenters. The molecule has 0 bridgehead atoms. The zero-order valence-electron chi connectivity index (χ0n) is 19.5. The highest BCUT2D eigenvalue weighted by Crippen LogP contribution is 2.33. The number of nitrogens with one attached hydrogen (secondary N) is 2. The van der Waals surface area contributed by atoms with E-state index in [0.717, 1.165) is 24.0 Å². The molecule has 36 heavy (non-hydrogen) atoms. The highest BCUT2D eigenvalue weighted by molar-refractivity contribution is 7.92. The Morgan fingerprint density at radius 1 is 1.03 bits per heavy atom. The predicted octanol–water partition coefficient (Wildman–Crippen LogP) is 2.94. The summed E-state index contributed by atoms with van der Waals surface area (Å²) in [6.45, 7) is -0.438. The predicted molar refractivity (Wildman–Crippen MR) is 135 cm³/mol. The van der Waals surface area contributed by atoms with Crippen LogP contribution < -0.4 is 19.7 Å². The van der Waals surface area contributed by atoms with Gasteiger partial charge in [-0.05, 0) is 23.8 Å². The van der Waals surface area contributed by atoms with Gasteiger partial charge < -0.3 is 15.4 Å². The molecular weight excluding hydrogens is 488 g/mol. The van der Waals surface area contributed by atoms with Crippen molar-refractivity contribution >= 4 is 38.9 Å². The lowest BCUT2D eigenvalue weighted by Crippen LogP contribution is -2.38. The summed E-state index contributed by atoms with van der Waals surface area (Å²) in [5.74, 6) is -1.17. The molecule has 0 saturated carbocycles. The second-order valence-electron chi connectivity index (χ2n) is 7.64. The molecule has 0 radical (unpaired) electrons. The first-order valence-electron chi connectivity index (χ1n) is 10.6. The molecule has 0 aliphatic carbocycles. The van der Waals surface area contributed by atoms with E-state index in [9.17, 15) is 28.1 Å². The molecule has 12 heteroatoms. The standard InChI is InChI=1S/C24H24N4O7S/c1-35-22-13-12-18(28(31)32)14-21(22)27(36(2,33)34)16-23(29)26-20-11-7-6-10-19(20)24(30)25-15-17-8-4-3-5-9-17/h3-14H,15-16H2,1-2H3,(H,25,30)(H,26,29). The van der Waals surface area contributed by atoms with Gasteiger partial charge in [0.25, 0.3) is 11.6 Å². The average Bonchev–Trinajstić information content (AvgIpc) is 2.85. The summed E-state index contributed by atoms with van der Waals surface area (Å²) in [7, 11) is -2.78. The molecule has 0 aromatic heterocycles. The zero-order chi connectivity index (χ0) is 26.3. The van der Waals surface area contributed by atoms with Crippen molar-refractivity contribution in [1.29, 1.82) is 0 Å². The van der Waals surface area contributed by atoms with E-state index in [1.165, 1.54) is 25.3 Å². The smallest absolute Gasteiger partial charge is 0.271 e. The number of hydrogen-bond acceptors (Lipinski definition) is 7. The average molecular weight is 513 g/mol. The number of ether oxygens (including phenoxy) is 1. The van der Waals surface area contributed by atoms with Gasteiger partial charge in [0, 0.05) is 18.7 Å². The van der Waals surface area contributed by atoms with E-state index in [1.807, 2.05) is 30.3 Å². The van der Waals surface area contributed by atoms with E-state index in [2.05, 4.69) is 10.6 Å². The minimum absolute atomic E-state index is 0.0273. The van der Waals surface area contributed by atoms with E-state index in [1.54, 1.807) is 12.1 Å². The van der Waals surface area contributed by atoms with Crippen LogP contribution >= 0.6 is 0 Å². The number of carbonyl (C=O) groups excluding carboxylic acids is 2. The van der Waals surface area contributed by atoms with Gasteiger partial charge in [-0.15, -0.1) is 0 Å². The number of nitro groups is 1. The van der Waals surface area contributed by atoms with Gasteiger partial charge in [0.1, 0.15) is 18.0 Å². The van der Waals surface area contributed by atoms with Crippen LogP contribution in [-0.4, -0.2) is 45.1 Å². The Balaban J connectivity index is 1.82. The first-order chi connectivity index (χ1) is 17.1. The van der Waals surface area contributed by atoms with Crippen molar-refractivity contribution in [1.82, 2.24) is 5.32 Å².